The van der Waals surface area contributed by atoms with Crippen molar-refractivity contribution in [2.24, 2.45) is 0 Å². The number of carbonyl (C=O) groups is 1. The van der Waals surface area contributed by atoms with E-state index in [9.17, 15) is 4.79 Å². The summed E-state index contributed by atoms with van der Waals surface area (Å²) in [6.07, 6.45) is 2.13. The molecule has 1 aromatic rings. The smallest absolute Gasteiger partial charge is 0.217 e. The number of benzene rings is 1. The van der Waals surface area contributed by atoms with Gasteiger partial charge in [-0.25, -0.2) is 0 Å². The van der Waals surface area contributed by atoms with Gasteiger partial charge < -0.3 is 5.32 Å². The molecule has 0 spiro atoms. The van der Waals surface area contributed by atoms with Crippen LogP contribution in [0.25, 0.3) is 0 Å². The van der Waals surface area contributed by atoms with Gasteiger partial charge in [-0.2, -0.15) is 0 Å². The fourth-order valence-corrected chi connectivity index (χ4v) is 1.95. The number of carbonyl (C=O) groups excluding carboxylic acids is 1. The summed E-state index contributed by atoms with van der Waals surface area (Å²) >= 11 is 0. The largest absolute Gasteiger partial charge is 0.350 e. The molecule has 13 heavy (non-hydrogen) atoms. The standard InChI is InChI=1S/C11H13NO/c1-8(13)12-11-7-6-9-4-2-3-5-10(9)11/h2-5,11H,6-7H2,1H3,(H,12,13)/t11-/m0/s1. The van der Waals surface area contributed by atoms with E-state index < -0.39 is 0 Å². The summed E-state index contributed by atoms with van der Waals surface area (Å²) in [6, 6.07) is 8.56. The van der Waals surface area contributed by atoms with Crippen LogP contribution in [0, 0.1) is 0 Å². The molecule has 0 aliphatic heterocycles. The normalized spacial score (nSPS) is 19.6. The fraction of sp³-hybridized carbons (Fsp3) is 0.364. The van der Waals surface area contributed by atoms with Gasteiger partial charge in [0, 0.05) is 6.92 Å². The van der Waals surface area contributed by atoms with E-state index in [0.717, 1.165) is 12.8 Å². The number of fused-ring (bicyclic) bond motifs is 1. The number of amides is 1. The predicted molar refractivity (Wildman–Crippen MR) is 51.3 cm³/mol. The van der Waals surface area contributed by atoms with Gasteiger partial charge in [0.2, 0.25) is 5.91 Å². The maximum absolute atomic E-state index is 10.9. The summed E-state index contributed by atoms with van der Waals surface area (Å²) in [5.74, 6) is 0.0571. The van der Waals surface area contributed by atoms with Gasteiger partial charge in [0.1, 0.15) is 0 Å². The third-order valence-corrected chi connectivity index (χ3v) is 2.51. The molecule has 1 atom stereocenters. The minimum atomic E-state index is 0.0571. The summed E-state index contributed by atoms with van der Waals surface area (Å²) in [5, 5.41) is 2.96. The fourth-order valence-electron chi connectivity index (χ4n) is 1.95. The molecule has 0 saturated carbocycles. The SMILES string of the molecule is CC(=O)N[C@H]1CCc2ccccc21. The highest BCUT2D eigenvalue weighted by molar-refractivity contribution is 5.73. The number of rotatable bonds is 1. The minimum Gasteiger partial charge on any atom is -0.350 e. The van der Waals surface area contributed by atoms with E-state index in [1.54, 1.807) is 6.92 Å². The Bertz CT molecular complexity index is 333. The Morgan fingerprint density at radius 3 is 3.00 bits per heavy atom. The van der Waals surface area contributed by atoms with Crippen molar-refractivity contribution in [2.45, 2.75) is 25.8 Å². The Balaban J connectivity index is 2.23. The van der Waals surface area contributed by atoms with Gasteiger partial charge in [-0.3, -0.25) is 4.79 Å². The number of nitrogens with one attached hydrogen (secondary N) is 1. The Morgan fingerprint density at radius 1 is 1.46 bits per heavy atom. The summed E-state index contributed by atoms with van der Waals surface area (Å²) in [4.78, 5) is 10.9. The second-order valence-corrected chi connectivity index (χ2v) is 3.49. The van der Waals surface area contributed by atoms with Crippen molar-refractivity contribution >= 4 is 5.91 Å². The molecule has 1 aliphatic rings. The lowest BCUT2D eigenvalue weighted by molar-refractivity contribution is -0.119. The van der Waals surface area contributed by atoms with Crippen LogP contribution in [0.15, 0.2) is 24.3 Å². The Hall–Kier alpha value is -1.31. The van der Waals surface area contributed by atoms with E-state index in [1.165, 1.54) is 11.1 Å². The van der Waals surface area contributed by atoms with E-state index in [-0.39, 0.29) is 11.9 Å². The average molecular weight is 175 g/mol. The first-order chi connectivity index (χ1) is 6.27. The van der Waals surface area contributed by atoms with Crippen molar-refractivity contribution < 1.29 is 4.79 Å². The highest BCUT2D eigenvalue weighted by Gasteiger charge is 2.21. The topological polar surface area (TPSA) is 29.1 Å². The highest BCUT2D eigenvalue weighted by Crippen LogP contribution is 2.30. The van der Waals surface area contributed by atoms with Crippen molar-refractivity contribution in [3.63, 3.8) is 0 Å². The van der Waals surface area contributed by atoms with Gasteiger partial charge in [-0.1, -0.05) is 24.3 Å². The molecule has 0 bridgehead atoms. The molecule has 68 valence electrons. The third kappa shape index (κ3) is 1.57. The Labute approximate surface area is 78.0 Å². The molecule has 1 amide bonds. The molecule has 0 heterocycles. The van der Waals surface area contributed by atoms with Crippen LogP contribution in [0.3, 0.4) is 0 Å². The van der Waals surface area contributed by atoms with Gasteiger partial charge in [-0.15, -0.1) is 0 Å². The van der Waals surface area contributed by atoms with E-state index in [1.807, 2.05) is 6.07 Å². The first-order valence-corrected chi connectivity index (χ1v) is 4.62. The zero-order chi connectivity index (χ0) is 9.26. The summed E-state index contributed by atoms with van der Waals surface area (Å²) < 4.78 is 0. The lowest BCUT2D eigenvalue weighted by atomic mass is 10.1. The lowest BCUT2D eigenvalue weighted by Gasteiger charge is -2.11. The molecule has 0 radical (unpaired) electrons. The first kappa shape index (κ1) is 8.30. The quantitative estimate of drug-likeness (QED) is 0.693. The molecule has 1 N–H and O–H groups in total. The Kier molecular flexibility index (Phi) is 2.05. The van der Waals surface area contributed by atoms with Gasteiger partial charge in [0.05, 0.1) is 6.04 Å². The van der Waals surface area contributed by atoms with Crippen LogP contribution in [-0.4, -0.2) is 5.91 Å². The first-order valence-electron chi connectivity index (χ1n) is 4.62. The monoisotopic (exact) mass is 175 g/mol. The van der Waals surface area contributed by atoms with Crippen LogP contribution in [0.1, 0.15) is 30.5 Å². The molecular formula is C11H13NO. The van der Waals surface area contributed by atoms with Crippen LogP contribution >= 0.6 is 0 Å². The van der Waals surface area contributed by atoms with Crippen molar-refractivity contribution in [3.05, 3.63) is 35.4 Å². The van der Waals surface area contributed by atoms with Gasteiger partial charge in [0.15, 0.2) is 0 Å². The van der Waals surface area contributed by atoms with E-state index in [2.05, 4.69) is 23.5 Å². The second-order valence-electron chi connectivity index (χ2n) is 3.49. The predicted octanol–water partition coefficient (Wildman–Crippen LogP) is 1.81. The minimum absolute atomic E-state index is 0.0571. The third-order valence-electron chi connectivity index (χ3n) is 2.51. The Morgan fingerprint density at radius 2 is 2.23 bits per heavy atom. The van der Waals surface area contributed by atoms with Crippen molar-refractivity contribution in [3.8, 4) is 0 Å². The van der Waals surface area contributed by atoms with Crippen LogP contribution in [0.5, 0.6) is 0 Å². The van der Waals surface area contributed by atoms with E-state index >= 15 is 0 Å². The van der Waals surface area contributed by atoms with Crippen LogP contribution in [0.2, 0.25) is 0 Å². The maximum atomic E-state index is 10.9. The van der Waals surface area contributed by atoms with Crippen LogP contribution in [-0.2, 0) is 11.2 Å². The maximum Gasteiger partial charge on any atom is 0.217 e. The zero-order valence-corrected chi connectivity index (χ0v) is 7.71. The van der Waals surface area contributed by atoms with E-state index in [0.29, 0.717) is 0 Å². The summed E-state index contributed by atoms with van der Waals surface area (Å²) in [5.41, 5.74) is 2.67. The number of aryl methyl sites for hydroxylation is 1. The van der Waals surface area contributed by atoms with Crippen LogP contribution < -0.4 is 5.32 Å². The van der Waals surface area contributed by atoms with Crippen LogP contribution in [0.4, 0.5) is 0 Å². The van der Waals surface area contributed by atoms with Crippen molar-refractivity contribution in [1.82, 2.24) is 5.32 Å². The molecular weight excluding hydrogens is 162 g/mol. The molecule has 2 heteroatoms. The molecule has 0 unspecified atom stereocenters. The molecule has 2 rings (SSSR count). The molecule has 0 aromatic heterocycles. The van der Waals surface area contributed by atoms with Crippen molar-refractivity contribution in [2.75, 3.05) is 0 Å². The molecule has 0 fully saturated rings. The van der Waals surface area contributed by atoms with Gasteiger partial charge in [0.25, 0.3) is 0 Å². The van der Waals surface area contributed by atoms with Gasteiger partial charge >= 0.3 is 0 Å². The van der Waals surface area contributed by atoms with Crippen molar-refractivity contribution in [1.29, 1.82) is 0 Å². The summed E-state index contributed by atoms with van der Waals surface area (Å²) in [7, 11) is 0. The van der Waals surface area contributed by atoms with E-state index in [4.69, 9.17) is 0 Å². The van der Waals surface area contributed by atoms with Gasteiger partial charge in [-0.05, 0) is 24.0 Å². The molecule has 1 aliphatic carbocycles. The molecule has 2 nitrogen and oxygen atoms in total. The molecule has 1 aromatic carbocycles. The highest BCUT2D eigenvalue weighted by atomic mass is 16.1. The zero-order valence-electron chi connectivity index (χ0n) is 7.71. The molecule has 0 saturated heterocycles. The summed E-state index contributed by atoms with van der Waals surface area (Å²) in [6.45, 7) is 1.57. The lowest BCUT2D eigenvalue weighted by Crippen LogP contribution is -2.23. The number of hydrogen-bond donors (Lipinski definition) is 1. The number of hydrogen-bond acceptors (Lipinski definition) is 1. The second kappa shape index (κ2) is 3.21. The average Bonchev–Trinajstić information content (AvgIpc) is 2.48.